The van der Waals surface area contributed by atoms with Crippen LogP contribution in [0.25, 0.3) is 0 Å². The molecule has 6 heteroatoms. The number of nitro benzene ring substituents is 1. The van der Waals surface area contributed by atoms with Gasteiger partial charge < -0.3 is 10.1 Å². The lowest BCUT2D eigenvalue weighted by Crippen LogP contribution is -2.18. The summed E-state index contributed by atoms with van der Waals surface area (Å²) >= 11 is 5.77. The summed E-state index contributed by atoms with van der Waals surface area (Å²) in [4.78, 5) is 10.1. The molecule has 0 aliphatic heterocycles. The van der Waals surface area contributed by atoms with Gasteiger partial charge in [-0.25, -0.2) is 0 Å². The summed E-state index contributed by atoms with van der Waals surface area (Å²) in [6, 6.07) is 4.38. The van der Waals surface area contributed by atoms with Crippen LogP contribution in [-0.2, 0) is 0 Å². The lowest BCUT2D eigenvalue weighted by atomic mass is 10.3. The van der Waals surface area contributed by atoms with E-state index in [0.717, 1.165) is 25.9 Å². The first-order chi connectivity index (χ1) is 8.65. The zero-order chi connectivity index (χ0) is 13.4. The van der Waals surface area contributed by atoms with Crippen molar-refractivity contribution in [2.24, 2.45) is 0 Å². The molecule has 0 aromatic heterocycles. The number of nitrogens with zero attached hydrogens (tertiary/aromatic N) is 1. The number of nitrogens with one attached hydrogen (secondary N) is 1. The molecular weight excluding hydrogens is 256 g/mol. The minimum Gasteiger partial charge on any atom is -0.493 e. The standard InChI is InChI=1S/C12H17ClN2O3/c1-2-6-14-7-3-8-18-10-4-5-12(15(16)17)11(13)9-10/h4-5,9,14H,2-3,6-8H2,1H3. The summed E-state index contributed by atoms with van der Waals surface area (Å²) in [6.45, 7) is 4.57. The summed E-state index contributed by atoms with van der Waals surface area (Å²) in [5, 5.41) is 13.9. The third kappa shape index (κ3) is 4.89. The van der Waals surface area contributed by atoms with E-state index in [1.54, 1.807) is 6.07 Å². The summed E-state index contributed by atoms with van der Waals surface area (Å²) < 4.78 is 5.45. The topological polar surface area (TPSA) is 64.4 Å². The van der Waals surface area contributed by atoms with Crippen molar-refractivity contribution in [1.82, 2.24) is 5.32 Å². The first kappa shape index (κ1) is 14.7. The Morgan fingerprint density at radius 2 is 2.22 bits per heavy atom. The van der Waals surface area contributed by atoms with Crippen molar-refractivity contribution in [3.05, 3.63) is 33.3 Å². The van der Waals surface area contributed by atoms with Gasteiger partial charge in [0.2, 0.25) is 0 Å². The molecule has 0 heterocycles. The van der Waals surface area contributed by atoms with Crippen molar-refractivity contribution in [3.8, 4) is 5.75 Å². The minimum atomic E-state index is -0.513. The number of benzene rings is 1. The van der Waals surface area contributed by atoms with Crippen LogP contribution >= 0.6 is 11.6 Å². The summed E-state index contributed by atoms with van der Waals surface area (Å²) in [5.74, 6) is 0.557. The van der Waals surface area contributed by atoms with E-state index < -0.39 is 4.92 Å². The Morgan fingerprint density at radius 1 is 1.44 bits per heavy atom. The van der Waals surface area contributed by atoms with Gasteiger partial charge in [-0.2, -0.15) is 0 Å². The van der Waals surface area contributed by atoms with Crippen molar-refractivity contribution in [2.75, 3.05) is 19.7 Å². The van der Waals surface area contributed by atoms with E-state index in [4.69, 9.17) is 16.3 Å². The number of halogens is 1. The van der Waals surface area contributed by atoms with E-state index in [-0.39, 0.29) is 10.7 Å². The highest BCUT2D eigenvalue weighted by molar-refractivity contribution is 6.32. The second-order valence-corrected chi connectivity index (χ2v) is 4.23. The molecule has 1 aromatic carbocycles. The maximum absolute atomic E-state index is 10.6. The van der Waals surface area contributed by atoms with Crippen molar-refractivity contribution in [3.63, 3.8) is 0 Å². The van der Waals surface area contributed by atoms with Crippen LogP contribution in [0.1, 0.15) is 19.8 Å². The Balaban J connectivity index is 2.35. The number of ether oxygens (including phenoxy) is 1. The Morgan fingerprint density at radius 3 is 2.83 bits per heavy atom. The van der Waals surface area contributed by atoms with Gasteiger partial charge in [0.15, 0.2) is 0 Å². The Hall–Kier alpha value is -1.33. The van der Waals surface area contributed by atoms with Crippen molar-refractivity contribution < 1.29 is 9.66 Å². The van der Waals surface area contributed by atoms with E-state index in [2.05, 4.69) is 12.2 Å². The highest BCUT2D eigenvalue weighted by Gasteiger charge is 2.12. The van der Waals surface area contributed by atoms with Crippen molar-refractivity contribution >= 4 is 17.3 Å². The lowest BCUT2D eigenvalue weighted by molar-refractivity contribution is -0.384. The molecule has 100 valence electrons. The fourth-order valence-electron chi connectivity index (χ4n) is 1.41. The van der Waals surface area contributed by atoms with Crippen LogP contribution < -0.4 is 10.1 Å². The van der Waals surface area contributed by atoms with E-state index in [9.17, 15) is 10.1 Å². The van der Waals surface area contributed by atoms with Gasteiger partial charge in [0.1, 0.15) is 10.8 Å². The Kier molecular flexibility index (Phi) is 6.46. The number of nitro groups is 1. The molecule has 0 saturated carbocycles. The number of hydrogen-bond donors (Lipinski definition) is 1. The summed E-state index contributed by atoms with van der Waals surface area (Å²) in [6.07, 6.45) is 1.99. The van der Waals surface area contributed by atoms with Gasteiger partial charge in [0, 0.05) is 12.1 Å². The normalized spacial score (nSPS) is 10.3. The van der Waals surface area contributed by atoms with Gasteiger partial charge in [-0.1, -0.05) is 18.5 Å². The molecule has 0 aliphatic rings. The van der Waals surface area contributed by atoms with Crippen LogP contribution in [-0.4, -0.2) is 24.6 Å². The van der Waals surface area contributed by atoms with E-state index in [1.165, 1.54) is 12.1 Å². The van der Waals surface area contributed by atoms with E-state index in [0.29, 0.717) is 12.4 Å². The van der Waals surface area contributed by atoms with E-state index >= 15 is 0 Å². The lowest BCUT2D eigenvalue weighted by Gasteiger charge is -2.07. The molecule has 1 aromatic rings. The fraction of sp³-hybridized carbons (Fsp3) is 0.500. The highest BCUT2D eigenvalue weighted by Crippen LogP contribution is 2.28. The third-order valence-electron chi connectivity index (χ3n) is 2.31. The van der Waals surface area contributed by atoms with Gasteiger partial charge in [-0.15, -0.1) is 0 Å². The molecule has 0 saturated heterocycles. The highest BCUT2D eigenvalue weighted by atomic mass is 35.5. The zero-order valence-electron chi connectivity index (χ0n) is 10.3. The predicted molar refractivity (Wildman–Crippen MR) is 71.4 cm³/mol. The van der Waals surface area contributed by atoms with Gasteiger partial charge >= 0.3 is 0 Å². The second-order valence-electron chi connectivity index (χ2n) is 3.82. The predicted octanol–water partition coefficient (Wildman–Crippen LogP) is 3.02. The molecule has 0 spiro atoms. The van der Waals surface area contributed by atoms with Crippen LogP contribution in [0.5, 0.6) is 5.75 Å². The molecule has 0 amide bonds. The molecule has 0 fully saturated rings. The second kappa shape index (κ2) is 7.89. The maximum atomic E-state index is 10.6. The molecule has 0 unspecified atom stereocenters. The molecule has 0 radical (unpaired) electrons. The maximum Gasteiger partial charge on any atom is 0.288 e. The fourth-order valence-corrected chi connectivity index (χ4v) is 1.65. The van der Waals surface area contributed by atoms with Gasteiger partial charge in [0.05, 0.1) is 11.5 Å². The summed E-state index contributed by atoms with van der Waals surface area (Å²) in [5.41, 5.74) is -0.103. The molecule has 1 rings (SSSR count). The smallest absolute Gasteiger partial charge is 0.288 e. The molecule has 0 bridgehead atoms. The largest absolute Gasteiger partial charge is 0.493 e. The Bertz CT molecular complexity index is 399. The number of hydrogen-bond acceptors (Lipinski definition) is 4. The molecule has 1 N–H and O–H groups in total. The first-order valence-corrected chi connectivity index (χ1v) is 6.30. The third-order valence-corrected chi connectivity index (χ3v) is 2.61. The molecule has 0 atom stereocenters. The average molecular weight is 273 g/mol. The van der Waals surface area contributed by atoms with Gasteiger partial charge in [0.25, 0.3) is 5.69 Å². The van der Waals surface area contributed by atoms with E-state index in [1.807, 2.05) is 0 Å². The van der Waals surface area contributed by atoms with Gasteiger partial charge in [-0.05, 0) is 32.0 Å². The van der Waals surface area contributed by atoms with Crippen LogP contribution in [0.15, 0.2) is 18.2 Å². The van der Waals surface area contributed by atoms with Crippen LogP contribution in [0, 0.1) is 10.1 Å². The molecule has 5 nitrogen and oxygen atoms in total. The Labute approximate surface area is 111 Å². The quantitative estimate of drug-likeness (QED) is 0.449. The first-order valence-electron chi connectivity index (χ1n) is 5.92. The average Bonchev–Trinajstić information content (AvgIpc) is 2.33. The molecule has 18 heavy (non-hydrogen) atoms. The molecular formula is C12H17ClN2O3. The van der Waals surface area contributed by atoms with Crippen LogP contribution in [0.3, 0.4) is 0 Å². The van der Waals surface area contributed by atoms with Crippen LogP contribution in [0.4, 0.5) is 5.69 Å². The summed E-state index contributed by atoms with van der Waals surface area (Å²) in [7, 11) is 0. The zero-order valence-corrected chi connectivity index (χ0v) is 11.1. The van der Waals surface area contributed by atoms with Crippen molar-refractivity contribution in [1.29, 1.82) is 0 Å². The monoisotopic (exact) mass is 272 g/mol. The van der Waals surface area contributed by atoms with Crippen LogP contribution in [0.2, 0.25) is 5.02 Å². The number of rotatable bonds is 8. The molecule has 0 aliphatic carbocycles. The van der Waals surface area contributed by atoms with Gasteiger partial charge in [-0.3, -0.25) is 10.1 Å². The SMILES string of the molecule is CCCNCCCOc1ccc([N+](=O)[O-])c(Cl)c1. The minimum absolute atomic E-state index is 0.0987. The van der Waals surface area contributed by atoms with Crippen molar-refractivity contribution in [2.45, 2.75) is 19.8 Å².